The highest BCUT2D eigenvalue weighted by Crippen LogP contribution is 2.28. The fourth-order valence-electron chi connectivity index (χ4n) is 3.75. The molecule has 2 atom stereocenters. The first-order valence-corrected chi connectivity index (χ1v) is 11.1. The van der Waals surface area contributed by atoms with Crippen molar-refractivity contribution >= 4 is 28.6 Å². The Hall–Kier alpha value is -1.24. The van der Waals surface area contributed by atoms with Crippen LogP contribution in [0.5, 0.6) is 0 Å². The van der Waals surface area contributed by atoms with E-state index in [0.717, 1.165) is 16.3 Å². The molecule has 2 aliphatic carbocycles. The highest BCUT2D eigenvalue weighted by atomic mass is 32.1. The van der Waals surface area contributed by atoms with Crippen molar-refractivity contribution in [3.05, 3.63) is 28.6 Å². The molecule has 2 heterocycles. The van der Waals surface area contributed by atoms with Gasteiger partial charge in [-0.1, -0.05) is 31.7 Å². The van der Waals surface area contributed by atoms with Gasteiger partial charge < -0.3 is 10.6 Å². The van der Waals surface area contributed by atoms with Crippen LogP contribution >= 0.6 is 22.7 Å². The fourth-order valence-corrected chi connectivity index (χ4v) is 5.37. The summed E-state index contributed by atoms with van der Waals surface area (Å²) in [6.07, 6.45) is 10.2. The van der Waals surface area contributed by atoms with Crippen molar-refractivity contribution in [2.24, 2.45) is 0 Å². The SMILES string of the molecule is O=C(N[C@H]1CC[C@H]1NC1CCCCCC1)c1csc(-c2cccs2)n1. The summed E-state index contributed by atoms with van der Waals surface area (Å²) in [6, 6.07) is 5.38. The lowest BCUT2D eigenvalue weighted by molar-refractivity contribution is 0.0883. The van der Waals surface area contributed by atoms with Gasteiger partial charge in [0.15, 0.2) is 0 Å². The summed E-state index contributed by atoms with van der Waals surface area (Å²) in [5.41, 5.74) is 0.550. The maximum Gasteiger partial charge on any atom is 0.271 e. The minimum absolute atomic E-state index is 0.0311. The first kappa shape index (κ1) is 17.2. The van der Waals surface area contributed by atoms with E-state index in [1.54, 1.807) is 22.7 Å². The van der Waals surface area contributed by atoms with E-state index < -0.39 is 0 Å². The number of hydrogen-bond donors (Lipinski definition) is 2. The van der Waals surface area contributed by atoms with E-state index >= 15 is 0 Å². The van der Waals surface area contributed by atoms with Crippen LogP contribution in [0.2, 0.25) is 0 Å². The topological polar surface area (TPSA) is 54.0 Å². The molecule has 0 saturated heterocycles. The van der Waals surface area contributed by atoms with Crippen LogP contribution in [0.25, 0.3) is 9.88 Å². The summed E-state index contributed by atoms with van der Waals surface area (Å²) >= 11 is 3.20. The van der Waals surface area contributed by atoms with Gasteiger partial charge in [0.05, 0.1) is 4.88 Å². The number of nitrogens with zero attached hydrogens (tertiary/aromatic N) is 1. The number of hydrogen-bond acceptors (Lipinski definition) is 5. The van der Waals surface area contributed by atoms with E-state index in [2.05, 4.69) is 15.6 Å². The summed E-state index contributed by atoms with van der Waals surface area (Å²) in [5, 5.41) is 11.8. The molecule has 0 bridgehead atoms. The fraction of sp³-hybridized carbons (Fsp3) is 0.579. The van der Waals surface area contributed by atoms with Crippen LogP contribution in [0.4, 0.5) is 0 Å². The Bertz CT molecular complexity index is 689. The number of thiophene rings is 1. The molecule has 134 valence electrons. The van der Waals surface area contributed by atoms with Gasteiger partial charge in [0.1, 0.15) is 10.7 Å². The van der Waals surface area contributed by atoms with Crippen molar-refractivity contribution in [1.82, 2.24) is 15.6 Å². The van der Waals surface area contributed by atoms with Crippen LogP contribution in [0, 0.1) is 0 Å². The summed E-state index contributed by atoms with van der Waals surface area (Å²) in [7, 11) is 0. The molecule has 0 aliphatic heterocycles. The van der Waals surface area contributed by atoms with E-state index in [9.17, 15) is 4.79 Å². The lowest BCUT2D eigenvalue weighted by Gasteiger charge is -2.40. The molecule has 2 saturated carbocycles. The molecule has 0 aromatic carbocycles. The highest BCUT2D eigenvalue weighted by Gasteiger charge is 2.34. The normalized spacial score (nSPS) is 24.5. The van der Waals surface area contributed by atoms with Crippen LogP contribution in [-0.4, -0.2) is 29.0 Å². The second-order valence-corrected chi connectivity index (χ2v) is 8.94. The van der Waals surface area contributed by atoms with Gasteiger partial charge in [-0.3, -0.25) is 4.79 Å². The van der Waals surface area contributed by atoms with Crippen LogP contribution in [0.1, 0.15) is 61.9 Å². The van der Waals surface area contributed by atoms with Gasteiger partial charge in [-0.2, -0.15) is 0 Å². The van der Waals surface area contributed by atoms with Crippen molar-refractivity contribution in [3.8, 4) is 9.88 Å². The van der Waals surface area contributed by atoms with E-state index in [1.807, 2.05) is 22.9 Å². The van der Waals surface area contributed by atoms with Gasteiger partial charge in [-0.25, -0.2) is 4.98 Å². The third kappa shape index (κ3) is 4.13. The monoisotopic (exact) mass is 375 g/mol. The molecule has 2 fully saturated rings. The smallest absolute Gasteiger partial charge is 0.271 e. The Morgan fingerprint density at radius 2 is 1.84 bits per heavy atom. The Morgan fingerprint density at radius 1 is 1.04 bits per heavy atom. The van der Waals surface area contributed by atoms with Crippen LogP contribution in [0.3, 0.4) is 0 Å². The summed E-state index contributed by atoms with van der Waals surface area (Å²) < 4.78 is 0. The second kappa shape index (κ2) is 7.98. The number of rotatable bonds is 5. The molecule has 4 rings (SSSR count). The van der Waals surface area contributed by atoms with Crippen molar-refractivity contribution in [3.63, 3.8) is 0 Å². The van der Waals surface area contributed by atoms with Crippen LogP contribution < -0.4 is 10.6 Å². The second-order valence-electron chi connectivity index (χ2n) is 7.13. The Morgan fingerprint density at radius 3 is 2.52 bits per heavy atom. The molecular weight excluding hydrogens is 350 g/mol. The maximum absolute atomic E-state index is 12.5. The molecule has 2 aromatic heterocycles. The van der Waals surface area contributed by atoms with E-state index in [1.165, 1.54) is 44.9 Å². The van der Waals surface area contributed by atoms with Gasteiger partial charge in [-0.15, -0.1) is 22.7 Å². The molecule has 0 radical (unpaired) electrons. The molecule has 25 heavy (non-hydrogen) atoms. The van der Waals surface area contributed by atoms with Gasteiger partial charge in [-0.05, 0) is 37.1 Å². The van der Waals surface area contributed by atoms with Crippen molar-refractivity contribution < 1.29 is 4.79 Å². The zero-order valence-corrected chi connectivity index (χ0v) is 16.0. The van der Waals surface area contributed by atoms with Gasteiger partial charge in [0, 0.05) is 23.5 Å². The first-order valence-electron chi connectivity index (χ1n) is 9.36. The summed E-state index contributed by atoms with van der Waals surface area (Å²) in [4.78, 5) is 18.2. The van der Waals surface area contributed by atoms with Crippen molar-refractivity contribution in [2.45, 2.75) is 69.5 Å². The van der Waals surface area contributed by atoms with E-state index in [-0.39, 0.29) is 11.9 Å². The quantitative estimate of drug-likeness (QED) is 0.760. The number of thiazole rings is 1. The lowest BCUT2D eigenvalue weighted by Crippen LogP contribution is -2.58. The van der Waals surface area contributed by atoms with E-state index in [0.29, 0.717) is 17.8 Å². The van der Waals surface area contributed by atoms with E-state index in [4.69, 9.17) is 0 Å². The standard InChI is InChI=1S/C19H25N3OS2/c23-18(16-12-25-19(22-16)17-8-5-11-24-17)21-15-10-9-14(15)20-13-6-3-1-2-4-7-13/h5,8,11-15,20H,1-4,6-7,9-10H2,(H,21,23)/t14-,15+/m1/s1. The third-order valence-electron chi connectivity index (χ3n) is 5.36. The molecular formula is C19H25N3OS2. The molecule has 6 heteroatoms. The number of carbonyl (C=O) groups is 1. The van der Waals surface area contributed by atoms with Crippen LogP contribution in [-0.2, 0) is 0 Å². The average molecular weight is 376 g/mol. The first-order chi connectivity index (χ1) is 12.3. The summed E-state index contributed by atoms with van der Waals surface area (Å²) in [5.74, 6) is -0.0311. The zero-order chi connectivity index (χ0) is 17.1. The Labute approximate surface area is 157 Å². The molecule has 2 N–H and O–H groups in total. The highest BCUT2D eigenvalue weighted by molar-refractivity contribution is 7.20. The van der Waals surface area contributed by atoms with Gasteiger partial charge >= 0.3 is 0 Å². The molecule has 0 spiro atoms. The minimum Gasteiger partial charge on any atom is -0.346 e. The Balaban J connectivity index is 1.31. The average Bonchev–Trinajstić information content (AvgIpc) is 3.24. The largest absolute Gasteiger partial charge is 0.346 e. The molecule has 2 aliphatic rings. The van der Waals surface area contributed by atoms with Crippen molar-refractivity contribution in [1.29, 1.82) is 0 Å². The van der Waals surface area contributed by atoms with Gasteiger partial charge in [0.25, 0.3) is 5.91 Å². The lowest BCUT2D eigenvalue weighted by atomic mass is 9.85. The third-order valence-corrected chi connectivity index (χ3v) is 7.25. The molecule has 2 aromatic rings. The molecule has 1 amide bonds. The summed E-state index contributed by atoms with van der Waals surface area (Å²) in [6.45, 7) is 0. The predicted molar refractivity (Wildman–Crippen MR) is 104 cm³/mol. The molecule has 0 unspecified atom stereocenters. The van der Waals surface area contributed by atoms with Crippen LogP contribution in [0.15, 0.2) is 22.9 Å². The minimum atomic E-state index is -0.0311. The maximum atomic E-state index is 12.5. The predicted octanol–water partition coefficient (Wildman–Crippen LogP) is 4.44. The zero-order valence-electron chi connectivity index (χ0n) is 14.4. The number of aromatic nitrogens is 1. The number of carbonyl (C=O) groups excluding carboxylic acids is 1. The molecule has 4 nitrogen and oxygen atoms in total. The Kier molecular flexibility index (Phi) is 5.48. The number of nitrogens with one attached hydrogen (secondary N) is 2. The van der Waals surface area contributed by atoms with Crippen molar-refractivity contribution in [2.75, 3.05) is 0 Å². The van der Waals surface area contributed by atoms with Gasteiger partial charge in [0.2, 0.25) is 0 Å². The number of amides is 1.